The van der Waals surface area contributed by atoms with E-state index in [1.807, 2.05) is 0 Å². The molecule has 182 valence electrons. The third kappa shape index (κ3) is 20.2. The van der Waals surface area contributed by atoms with Crippen molar-refractivity contribution in [3.8, 4) is 0 Å². The highest BCUT2D eigenvalue weighted by atomic mass is 16.6. The molecule has 6 nitrogen and oxygen atoms in total. The minimum atomic E-state index is -0.861. The molecule has 0 fully saturated rings. The first-order valence-corrected chi connectivity index (χ1v) is 12.7. The number of nitrogens with two attached hydrogens (primary N) is 1. The summed E-state index contributed by atoms with van der Waals surface area (Å²) in [4.78, 5) is 35.4. The number of unbranched alkanes of at least 4 members (excludes halogenated alkanes) is 13. The van der Waals surface area contributed by atoms with Gasteiger partial charge in [0, 0.05) is 12.8 Å². The summed E-state index contributed by atoms with van der Waals surface area (Å²) in [6, 6.07) is -0.861. The molecule has 1 atom stereocenters. The summed E-state index contributed by atoms with van der Waals surface area (Å²) in [5, 5.41) is 0. The lowest BCUT2D eigenvalue weighted by molar-refractivity contribution is -0.159. The third-order valence-corrected chi connectivity index (χ3v) is 5.42. The van der Waals surface area contributed by atoms with E-state index in [1.165, 1.54) is 57.8 Å². The van der Waals surface area contributed by atoms with E-state index in [9.17, 15) is 14.4 Å². The van der Waals surface area contributed by atoms with Gasteiger partial charge in [0.25, 0.3) is 0 Å². The molecule has 0 aromatic rings. The number of carbonyl (C=O) groups excluding carboxylic acids is 3. The minimum absolute atomic E-state index is 0.0587. The lowest BCUT2D eigenvalue weighted by Gasteiger charge is -2.11. The van der Waals surface area contributed by atoms with E-state index < -0.39 is 23.9 Å². The Hall–Kier alpha value is -1.43. The predicted octanol–water partition coefficient (Wildman–Crippen LogP) is 5.99. The first-order valence-electron chi connectivity index (χ1n) is 12.7. The Morgan fingerprint density at radius 2 is 1.10 bits per heavy atom. The largest absolute Gasteiger partial charge is 0.465 e. The first kappa shape index (κ1) is 29.6. The summed E-state index contributed by atoms with van der Waals surface area (Å²) < 4.78 is 9.97. The zero-order chi connectivity index (χ0) is 23.2. The normalized spacial score (nSPS) is 11.8. The number of esters is 3. The molecule has 0 saturated heterocycles. The van der Waals surface area contributed by atoms with E-state index in [-0.39, 0.29) is 19.3 Å². The van der Waals surface area contributed by atoms with E-state index >= 15 is 0 Å². The molecular weight excluding hydrogens is 394 g/mol. The summed E-state index contributed by atoms with van der Waals surface area (Å²) in [5.74, 6) is -1.62. The fourth-order valence-electron chi connectivity index (χ4n) is 3.36. The fourth-order valence-corrected chi connectivity index (χ4v) is 3.36. The Bertz CT molecular complexity index is 467. The minimum Gasteiger partial charge on any atom is -0.465 e. The SMILES string of the molecule is CCCCCCCCCCCC(=O)OC(=O)CC[C@H](N)C(=O)OCCCCCCCC. The zero-order valence-electron chi connectivity index (χ0n) is 20.1. The average molecular weight is 442 g/mol. The van der Waals surface area contributed by atoms with E-state index in [0.717, 1.165) is 38.5 Å². The van der Waals surface area contributed by atoms with Crippen LogP contribution in [0.5, 0.6) is 0 Å². The van der Waals surface area contributed by atoms with Gasteiger partial charge >= 0.3 is 17.9 Å². The van der Waals surface area contributed by atoms with Crippen LogP contribution in [0, 0.1) is 0 Å². The molecule has 6 heteroatoms. The molecule has 0 radical (unpaired) electrons. The Morgan fingerprint density at radius 1 is 0.645 bits per heavy atom. The van der Waals surface area contributed by atoms with E-state index in [4.69, 9.17) is 15.2 Å². The van der Waals surface area contributed by atoms with Crippen LogP contribution in [0.3, 0.4) is 0 Å². The van der Waals surface area contributed by atoms with Gasteiger partial charge in [0.1, 0.15) is 6.04 Å². The second kappa shape index (κ2) is 21.8. The van der Waals surface area contributed by atoms with Crippen molar-refractivity contribution in [2.75, 3.05) is 6.61 Å². The van der Waals surface area contributed by atoms with Crippen molar-refractivity contribution in [1.29, 1.82) is 0 Å². The highest BCUT2D eigenvalue weighted by Crippen LogP contribution is 2.11. The van der Waals surface area contributed by atoms with Gasteiger partial charge in [0.15, 0.2) is 0 Å². The second-order valence-electron chi connectivity index (χ2n) is 8.50. The Labute approximate surface area is 190 Å². The Morgan fingerprint density at radius 3 is 1.65 bits per heavy atom. The van der Waals surface area contributed by atoms with Gasteiger partial charge in [-0.25, -0.2) is 0 Å². The lowest BCUT2D eigenvalue weighted by Crippen LogP contribution is -2.33. The van der Waals surface area contributed by atoms with Gasteiger partial charge in [-0.05, 0) is 19.3 Å². The molecule has 2 N–H and O–H groups in total. The number of rotatable bonds is 21. The summed E-state index contributed by atoms with van der Waals surface area (Å²) in [6.07, 6.45) is 17.5. The van der Waals surface area contributed by atoms with Gasteiger partial charge in [-0.3, -0.25) is 14.4 Å². The summed E-state index contributed by atoms with van der Waals surface area (Å²) in [5.41, 5.74) is 5.77. The molecule has 0 unspecified atom stereocenters. The molecule has 0 heterocycles. The summed E-state index contributed by atoms with van der Waals surface area (Å²) >= 11 is 0. The highest BCUT2D eigenvalue weighted by molar-refractivity contribution is 5.85. The fraction of sp³-hybridized carbons (Fsp3) is 0.880. The monoisotopic (exact) mass is 441 g/mol. The molecule has 0 aliphatic carbocycles. The molecule has 0 amide bonds. The highest BCUT2D eigenvalue weighted by Gasteiger charge is 2.18. The molecule has 0 rings (SSSR count). The smallest absolute Gasteiger partial charge is 0.322 e. The molecule has 31 heavy (non-hydrogen) atoms. The lowest BCUT2D eigenvalue weighted by atomic mass is 10.1. The van der Waals surface area contributed by atoms with Crippen molar-refractivity contribution in [3.05, 3.63) is 0 Å². The zero-order valence-corrected chi connectivity index (χ0v) is 20.1. The van der Waals surface area contributed by atoms with Crippen LogP contribution in [0.2, 0.25) is 0 Å². The van der Waals surface area contributed by atoms with Gasteiger partial charge < -0.3 is 15.2 Å². The third-order valence-electron chi connectivity index (χ3n) is 5.42. The second-order valence-corrected chi connectivity index (χ2v) is 8.50. The number of ether oxygens (including phenoxy) is 2. The van der Waals surface area contributed by atoms with Crippen molar-refractivity contribution in [3.63, 3.8) is 0 Å². The molecular formula is C25H47NO5. The van der Waals surface area contributed by atoms with Crippen LogP contribution < -0.4 is 5.73 Å². The van der Waals surface area contributed by atoms with Crippen LogP contribution in [0.25, 0.3) is 0 Å². The maximum absolute atomic E-state index is 11.8. The molecule has 0 aliphatic heterocycles. The van der Waals surface area contributed by atoms with Crippen molar-refractivity contribution in [1.82, 2.24) is 0 Å². The topological polar surface area (TPSA) is 95.7 Å². The molecule has 0 aromatic carbocycles. The standard InChI is InChI=1S/C25H47NO5/c1-3-5-7-9-11-12-13-14-16-18-23(27)31-24(28)20-19-22(26)25(29)30-21-17-15-10-8-6-4-2/h22H,3-21,26H2,1-2H3/t22-/m0/s1. The molecule has 0 bridgehead atoms. The van der Waals surface area contributed by atoms with Crippen LogP contribution in [0.1, 0.15) is 129 Å². The van der Waals surface area contributed by atoms with Gasteiger partial charge in [0.05, 0.1) is 6.61 Å². The van der Waals surface area contributed by atoms with Gasteiger partial charge in [-0.1, -0.05) is 97.3 Å². The molecule has 0 spiro atoms. The van der Waals surface area contributed by atoms with Gasteiger partial charge in [-0.2, -0.15) is 0 Å². The first-order chi connectivity index (χ1) is 15.0. The van der Waals surface area contributed by atoms with Crippen molar-refractivity contribution < 1.29 is 23.9 Å². The van der Waals surface area contributed by atoms with E-state index in [1.54, 1.807) is 0 Å². The van der Waals surface area contributed by atoms with Crippen molar-refractivity contribution in [2.24, 2.45) is 5.73 Å². The van der Waals surface area contributed by atoms with Crippen molar-refractivity contribution >= 4 is 17.9 Å². The predicted molar refractivity (Wildman–Crippen MR) is 124 cm³/mol. The average Bonchev–Trinajstić information content (AvgIpc) is 2.75. The summed E-state index contributed by atoms with van der Waals surface area (Å²) in [6.45, 7) is 4.75. The van der Waals surface area contributed by atoms with Gasteiger partial charge in [-0.15, -0.1) is 0 Å². The quantitative estimate of drug-likeness (QED) is 0.134. The van der Waals surface area contributed by atoms with Crippen LogP contribution >= 0.6 is 0 Å². The van der Waals surface area contributed by atoms with Crippen molar-refractivity contribution in [2.45, 2.75) is 135 Å². The van der Waals surface area contributed by atoms with Crippen LogP contribution in [0.15, 0.2) is 0 Å². The van der Waals surface area contributed by atoms with E-state index in [0.29, 0.717) is 6.61 Å². The molecule has 0 aromatic heterocycles. The Balaban J connectivity index is 3.64. The van der Waals surface area contributed by atoms with Crippen LogP contribution in [-0.2, 0) is 23.9 Å². The van der Waals surface area contributed by atoms with Gasteiger partial charge in [0.2, 0.25) is 0 Å². The molecule has 0 aliphatic rings. The maximum atomic E-state index is 11.8. The molecule has 0 saturated carbocycles. The number of hydrogen-bond donors (Lipinski definition) is 1. The number of hydrogen-bond acceptors (Lipinski definition) is 6. The van der Waals surface area contributed by atoms with E-state index in [2.05, 4.69) is 13.8 Å². The van der Waals surface area contributed by atoms with Crippen LogP contribution in [-0.4, -0.2) is 30.6 Å². The Kier molecular flexibility index (Phi) is 20.8. The summed E-state index contributed by atoms with van der Waals surface area (Å²) in [7, 11) is 0. The van der Waals surface area contributed by atoms with Crippen LogP contribution in [0.4, 0.5) is 0 Å². The maximum Gasteiger partial charge on any atom is 0.322 e. The number of carbonyl (C=O) groups is 3.